The molecule has 0 radical (unpaired) electrons. The van der Waals surface area contributed by atoms with Gasteiger partial charge in [0.2, 0.25) is 0 Å². The summed E-state index contributed by atoms with van der Waals surface area (Å²) in [7, 11) is 0. The molecule has 0 aliphatic carbocycles. The highest BCUT2D eigenvalue weighted by atomic mass is 32.2. The van der Waals surface area contributed by atoms with Crippen LogP contribution in [0, 0.1) is 0 Å². The fourth-order valence-corrected chi connectivity index (χ4v) is 3.80. The van der Waals surface area contributed by atoms with Gasteiger partial charge in [0.25, 0.3) is 0 Å². The van der Waals surface area contributed by atoms with Gasteiger partial charge in [-0.2, -0.15) is 0 Å². The quantitative estimate of drug-likeness (QED) is 0.197. The zero-order valence-corrected chi connectivity index (χ0v) is 18.7. The van der Waals surface area contributed by atoms with E-state index < -0.39 is 0 Å². The van der Waals surface area contributed by atoms with Gasteiger partial charge in [0.05, 0.1) is 35.4 Å². The van der Waals surface area contributed by atoms with Crippen molar-refractivity contribution in [3.8, 4) is 0 Å². The van der Waals surface area contributed by atoms with Gasteiger partial charge in [-0.25, -0.2) is 0 Å². The number of thioether (sulfide) groups is 2. The molecule has 27 heavy (non-hydrogen) atoms. The van der Waals surface area contributed by atoms with Crippen LogP contribution in [0.5, 0.6) is 0 Å². The molecule has 0 spiro atoms. The first-order valence-electron chi connectivity index (χ1n) is 9.82. The number of hydrogen-bond acceptors (Lipinski definition) is 8. The number of nitrogens with one attached hydrogen (secondary N) is 1. The first-order chi connectivity index (χ1) is 12.9. The largest absolute Gasteiger partial charge is 0.465 e. The summed E-state index contributed by atoms with van der Waals surface area (Å²) in [5.74, 6) is 0.182. The maximum atomic E-state index is 11.8. The molecule has 0 atom stereocenters. The van der Waals surface area contributed by atoms with Crippen LogP contribution in [0.3, 0.4) is 0 Å². The summed E-state index contributed by atoms with van der Waals surface area (Å²) in [5.41, 5.74) is 0. The molecule has 0 heterocycles. The summed E-state index contributed by atoms with van der Waals surface area (Å²) in [5, 5.41) is 11.8. The van der Waals surface area contributed by atoms with Gasteiger partial charge in [-0.15, -0.1) is 23.5 Å². The van der Waals surface area contributed by atoms with Gasteiger partial charge in [-0.3, -0.25) is 9.59 Å². The maximum Gasteiger partial charge on any atom is 0.315 e. The van der Waals surface area contributed by atoms with Gasteiger partial charge < -0.3 is 19.9 Å². The third-order valence-corrected chi connectivity index (χ3v) is 6.49. The van der Waals surface area contributed by atoms with E-state index in [1.54, 1.807) is 0 Å². The Hall–Kier alpha value is -0.440. The lowest BCUT2D eigenvalue weighted by atomic mass is 10.2. The second-order valence-corrected chi connectivity index (χ2v) is 10.1. The van der Waals surface area contributed by atoms with Crippen molar-refractivity contribution in [2.24, 2.45) is 0 Å². The van der Waals surface area contributed by atoms with E-state index in [4.69, 9.17) is 14.6 Å². The summed E-state index contributed by atoms with van der Waals surface area (Å²) >= 11 is 2.98. The van der Waals surface area contributed by atoms with Gasteiger partial charge in [0, 0.05) is 6.54 Å². The smallest absolute Gasteiger partial charge is 0.315 e. The van der Waals surface area contributed by atoms with E-state index in [9.17, 15) is 9.59 Å². The number of aliphatic hydroxyl groups excluding tert-OH is 1. The van der Waals surface area contributed by atoms with E-state index in [2.05, 4.69) is 12.2 Å². The second kappa shape index (κ2) is 17.6. The van der Waals surface area contributed by atoms with Gasteiger partial charge in [-0.1, -0.05) is 26.2 Å². The van der Waals surface area contributed by atoms with Crippen LogP contribution in [0.4, 0.5) is 0 Å². The molecule has 0 saturated carbocycles. The van der Waals surface area contributed by atoms with E-state index in [1.165, 1.54) is 23.5 Å². The Bertz CT molecular complexity index is 394. The number of hydrogen-bond donors (Lipinski definition) is 2. The molecular weight excluding hydrogens is 386 g/mol. The molecule has 8 heteroatoms. The van der Waals surface area contributed by atoms with Gasteiger partial charge in [0.15, 0.2) is 0 Å². The molecule has 0 aromatic carbocycles. The molecule has 0 fully saturated rings. The Kier molecular flexibility index (Phi) is 17.4. The van der Waals surface area contributed by atoms with Crippen molar-refractivity contribution in [3.05, 3.63) is 0 Å². The standard InChI is InChI=1S/C19H37NO5S2/c1-4-5-13-24-17(22)15-26-19(2,3)27-16-18(23)25-14-9-7-6-8-10-20-11-12-21/h20-21H,4-16H2,1-3H3. The third kappa shape index (κ3) is 18.7. The monoisotopic (exact) mass is 423 g/mol. The van der Waals surface area contributed by atoms with Gasteiger partial charge in [0.1, 0.15) is 0 Å². The van der Waals surface area contributed by atoms with Crippen molar-refractivity contribution in [2.75, 3.05) is 44.4 Å². The second-order valence-electron chi connectivity index (χ2n) is 6.66. The Balaban J connectivity index is 3.64. The summed E-state index contributed by atoms with van der Waals surface area (Å²) in [6.45, 7) is 8.72. The Labute approximate surface area is 172 Å². The van der Waals surface area contributed by atoms with Crippen LogP contribution in [-0.2, 0) is 19.1 Å². The van der Waals surface area contributed by atoms with Gasteiger partial charge in [-0.05, 0) is 39.7 Å². The predicted molar refractivity (Wildman–Crippen MR) is 114 cm³/mol. The number of carbonyl (C=O) groups is 2. The summed E-state index contributed by atoms with van der Waals surface area (Å²) in [6, 6.07) is 0. The number of ether oxygens (including phenoxy) is 2. The molecule has 0 aromatic heterocycles. The molecule has 0 amide bonds. The fraction of sp³-hybridized carbons (Fsp3) is 0.895. The zero-order chi connectivity index (χ0) is 20.4. The molecule has 2 N–H and O–H groups in total. The van der Waals surface area contributed by atoms with Crippen LogP contribution in [0.2, 0.25) is 0 Å². The first kappa shape index (κ1) is 26.6. The van der Waals surface area contributed by atoms with Crippen molar-refractivity contribution in [2.45, 2.75) is 63.4 Å². The average molecular weight is 424 g/mol. The van der Waals surface area contributed by atoms with E-state index in [1.807, 2.05) is 13.8 Å². The average Bonchev–Trinajstić information content (AvgIpc) is 2.64. The van der Waals surface area contributed by atoms with Crippen LogP contribution in [0.25, 0.3) is 0 Å². The molecule has 6 nitrogen and oxygen atoms in total. The Morgan fingerprint density at radius 2 is 1.44 bits per heavy atom. The fourth-order valence-electron chi connectivity index (χ4n) is 2.02. The van der Waals surface area contributed by atoms with Gasteiger partial charge >= 0.3 is 11.9 Å². The molecule has 0 bridgehead atoms. The van der Waals surface area contributed by atoms with Crippen LogP contribution in [-0.4, -0.2) is 65.5 Å². The molecule has 160 valence electrons. The molecular formula is C19H37NO5S2. The first-order valence-corrected chi connectivity index (χ1v) is 11.8. The van der Waals surface area contributed by atoms with E-state index in [0.717, 1.165) is 45.1 Å². The highest BCUT2D eigenvalue weighted by Gasteiger charge is 2.22. The molecule has 0 saturated heterocycles. The Morgan fingerprint density at radius 3 is 2.00 bits per heavy atom. The van der Waals surface area contributed by atoms with Crippen molar-refractivity contribution >= 4 is 35.5 Å². The minimum absolute atomic E-state index is 0.173. The summed E-state index contributed by atoms with van der Waals surface area (Å²) in [6.07, 6.45) is 5.95. The van der Waals surface area contributed by atoms with E-state index >= 15 is 0 Å². The SMILES string of the molecule is CCCCOC(=O)CSC(C)(C)SCC(=O)OCCCCCCNCCO. The lowest BCUT2D eigenvalue weighted by molar-refractivity contribution is -0.141. The molecule has 0 rings (SSSR count). The Morgan fingerprint density at radius 1 is 0.889 bits per heavy atom. The minimum Gasteiger partial charge on any atom is -0.465 e. The van der Waals surface area contributed by atoms with Crippen LogP contribution < -0.4 is 5.32 Å². The van der Waals surface area contributed by atoms with Crippen molar-refractivity contribution in [1.82, 2.24) is 5.32 Å². The van der Waals surface area contributed by atoms with Crippen LogP contribution in [0.1, 0.15) is 59.3 Å². The minimum atomic E-state index is -0.246. The topological polar surface area (TPSA) is 84.9 Å². The number of rotatable bonds is 18. The molecule has 0 aromatic rings. The lowest BCUT2D eigenvalue weighted by Crippen LogP contribution is -2.19. The van der Waals surface area contributed by atoms with Crippen LogP contribution >= 0.6 is 23.5 Å². The highest BCUT2D eigenvalue weighted by Crippen LogP contribution is 2.36. The molecule has 0 unspecified atom stereocenters. The van der Waals surface area contributed by atoms with E-state index in [-0.39, 0.29) is 28.4 Å². The maximum absolute atomic E-state index is 11.8. The third-order valence-electron chi connectivity index (χ3n) is 3.64. The zero-order valence-electron chi connectivity index (χ0n) is 17.1. The summed E-state index contributed by atoms with van der Waals surface area (Å²) < 4.78 is 10.2. The van der Waals surface area contributed by atoms with Crippen molar-refractivity contribution in [3.63, 3.8) is 0 Å². The predicted octanol–water partition coefficient (Wildman–Crippen LogP) is 3.22. The number of aliphatic hydroxyl groups is 1. The molecule has 0 aliphatic heterocycles. The molecule has 0 aliphatic rings. The number of esters is 2. The lowest BCUT2D eigenvalue weighted by Gasteiger charge is -2.22. The number of unbranched alkanes of at least 4 members (excludes halogenated alkanes) is 4. The van der Waals surface area contributed by atoms with E-state index in [0.29, 0.717) is 25.5 Å². The van der Waals surface area contributed by atoms with Crippen molar-refractivity contribution < 1.29 is 24.2 Å². The summed E-state index contributed by atoms with van der Waals surface area (Å²) in [4.78, 5) is 23.5. The number of carbonyl (C=O) groups excluding carboxylic acids is 2. The van der Waals surface area contributed by atoms with Crippen molar-refractivity contribution in [1.29, 1.82) is 0 Å². The highest BCUT2D eigenvalue weighted by molar-refractivity contribution is 8.18. The van der Waals surface area contributed by atoms with Crippen LogP contribution in [0.15, 0.2) is 0 Å². The normalized spacial score (nSPS) is 11.4.